The molecular formula is C15H19N5O. The second-order valence-corrected chi connectivity index (χ2v) is 5.34. The van der Waals surface area contributed by atoms with Gasteiger partial charge in [-0.2, -0.15) is 5.10 Å². The van der Waals surface area contributed by atoms with E-state index in [1.54, 1.807) is 0 Å². The molecule has 6 heteroatoms. The van der Waals surface area contributed by atoms with Crippen LogP contribution in [0.2, 0.25) is 0 Å². The molecule has 1 aromatic carbocycles. The number of piperidine rings is 1. The van der Waals surface area contributed by atoms with Gasteiger partial charge in [0.1, 0.15) is 5.82 Å². The first-order valence-corrected chi connectivity index (χ1v) is 7.23. The molecule has 3 rings (SSSR count). The molecule has 6 nitrogen and oxygen atoms in total. The number of hydrogen-bond acceptors (Lipinski definition) is 4. The Morgan fingerprint density at radius 2 is 2.14 bits per heavy atom. The zero-order chi connectivity index (χ0) is 14.7. The van der Waals surface area contributed by atoms with Gasteiger partial charge in [0, 0.05) is 23.7 Å². The highest BCUT2D eigenvalue weighted by atomic mass is 16.1. The van der Waals surface area contributed by atoms with Crippen LogP contribution in [0, 0.1) is 6.92 Å². The maximum atomic E-state index is 12.2. The molecule has 1 aliphatic heterocycles. The van der Waals surface area contributed by atoms with Crippen molar-refractivity contribution in [2.45, 2.75) is 25.8 Å². The fraction of sp³-hybridized carbons (Fsp3) is 0.400. The lowest BCUT2D eigenvalue weighted by Gasteiger charge is -2.23. The van der Waals surface area contributed by atoms with Crippen molar-refractivity contribution in [2.24, 2.45) is 0 Å². The van der Waals surface area contributed by atoms with Crippen molar-refractivity contribution in [3.63, 3.8) is 0 Å². The van der Waals surface area contributed by atoms with Gasteiger partial charge in [-0.15, -0.1) is 0 Å². The van der Waals surface area contributed by atoms with Crippen molar-refractivity contribution in [1.82, 2.24) is 25.8 Å². The van der Waals surface area contributed by atoms with Crippen LogP contribution in [0.3, 0.4) is 0 Å². The minimum Gasteiger partial charge on any atom is -0.348 e. The Bertz CT molecular complexity index is 613. The first kappa shape index (κ1) is 13.8. The van der Waals surface area contributed by atoms with Gasteiger partial charge in [-0.1, -0.05) is 12.1 Å². The molecule has 1 aliphatic rings. The van der Waals surface area contributed by atoms with Gasteiger partial charge in [0.15, 0.2) is 5.82 Å². The molecule has 21 heavy (non-hydrogen) atoms. The summed E-state index contributed by atoms with van der Waals surface area (Å²) >= 11 is 0. The second kappa shape index (κ2) is 6.05. The summed E-state index contributed by atoms with van der Waals surface area (Å²) in [5.41, 5.74) is 1.56. The monoisotopic (exact) mass is 285 g/mol. The summed E-state index contributed by atoms with van der Waals surface area (Å²) in [5, 5.41) is 13.3. The lowest BCUT2D eigenvalue weighted by molar-refractivity contribution is 0.0930. The van der Waals surface area contributed by atoms with Crippen LogP contribution in [-0.2, 0) is 0 Å². The second-order valence-electron chi connectivity index (χ2n) is 5.34. The molecular weight excluding hydrogens is 266 g/mol. The number of aromatic nitrogens is 3. The summed E-state index contributed by atoms with van der Waals surface area (Å²) in [6, 6.07) is 7.59. The van der Waals surface area contributed by atoms with Gasteiger partial charge in [-0.3, -0.25) is 9.89 Å². The van der Waals surface area contributed by atoms with E-state index in [0.29, 0.717) is 11.4 Å². The summed E-state index contributed by atoms with van der Waals surface area (Å²) in [6.07, 6.45) is 2.14. The molecule has 110 valence electrons. The molecule has 1 saturated heterocycles. The van der Waals surface area contributed by atoms with E-state index in [4.69, 9.17) is 0 Å². The minimum atomic E-state index is -0.0265. The number of nitrogens with one attached hydrogen (secondary N) is 3. The minimum absolute atomic E-state index is 0.0265. The Morgan fingerprint density at radius 1 is 1.33 bits per heavy atom. The van der Waals surface area contributed by atoms with E-state index in [-0.39, 0.29) is 11.9 Å². The zero-order valence-corrected chi connectivity index (χ0v) is 12.0. The molecule has 0 saturated carbocycles. The van der Waals surface area contributed by atoms with E-state index in [1.165, 1.54) is 0 Å². The topological polar surface area (TPSA) is 82.7 Å². The number of hydrogen-bond donors (Lipinski definition) is 3. The van der Waals surface area contributed by atoms with Crippen molar-refractivity contribution in [3.05, 3.63) is 35.7 Å². The van der Waals surface area contributed by atoms with Crippen LogP contribution in [0.5, 0.6) is 0 Å². The molecule has 0 bridgehead atoms. The number of aryl methyl sites for hydroxylation is 1. The van der Waals surface area contributed by atoms with Crippen LogP contribution in [-0.4, -0.2) is 40.2 Å². The molecule has 0 unspecified atom stereocenters. The third-order valence-electron chi connectivity index (χ3n) is 3.63. The van der Waals surface area contributed by atoms with Gasteiger partial charge < -0.3 is 10.6 Å². The molecule has 1 aromatic heterocycles. The number of rotatable bonds is 3. The average molecular weight is 285 g/mol. The highest BCUT2D eigenvalue weighted by molar-refractivity contribution is 5.94. The van der Waals surface area contributed by atoms with Crippen LogP contribution < -0.4 is 10.6 Å². The standard InChI is InChI=1S/C15H19N5O/c1-10-17-14(20-19-10)11-4-6-12(7-5-11)15(21)18-13-3-2-8-16-9-13/h4-7,13,16H,2-3,8-9H2,1H3,(H,18,21)(H,17,19,20)/t13-/m0/s1. The number of H-pyrrole nitrogens is 1. The SMILES string of the molecule is Cc1nc(-c2ccc(C(=O)N[C@H]3CCCNC3)cc2)n[nH]1. The van der Waals surface area contributed by atoms with E-state index in [0.717, 1.165) is 37.3 Å². The van der Waals surface area contributed by atoms with E-state index in [9.17, 15) is 4.79 Å². The van der Waals surface area contributed by atoms with Crippen LogP contribution in [0.4, 0.5) is 0 Å². The first-order chi connectivity index (χ1) is 10.2. The van der Waals surface area contributed by atoms with Crippen molar-refractivity contribution >= 4 is 5.91 Å². The molecule has 2 aromatic rings. The Hall–Kier alpha value is -2.21. The molecule has 2 heterocycles. The zero-order valence-electron chi connectivity index (χ0n) is 12.0. The Morgan fingerprint density at radius 3 is 2.76 bits per heavy atom. The lowest BCUT2D eigenvalue weighted by Crippen LogP contribution is -2.45. The summed E-state index contributed by atoms with van der Waals surface area (Å²) in [7, 11) is 0. The molecule has 0 spiro atoms. The van der Waals surface area contributed by atoms with Gasteiger partial charge in [0.2, 0.25) is 0 Å². The average Bonchev–Trinajstić information content (AvgIpc) is 2.95. The maximum absolute atomic E-state index is 12.2. The molecule has 0 aliphatic carbocycles. The van der Waals surface area contributed by atoms with E-state index in [2.05, 4.69) is 25.8 Å². The fourth-order valence-electron chi connectivity index (χ4n) is 2.49. The van der Waals surface area contributed by atoms with Crippen molar-refractivity contribution < 1.29 is 4.79 Å². The van der Waals surface area contributed by atoms with Crippen molar-refractivity contribution in [2.75, 3.05) is 13.1 Å². The highest BCUT2D eigenvalue weighted by Crippen LogP contribution is 2.15. The first-order valence-electron chi connectivity index (χ1n) is 7.23. The molecule has 0 radical (unpaired) electrons. The van der Waals surface area contributed by atoms with Gasteiger partial charge in [-0.05, 0) is 38.4 Å². The molecule has 3 N–H and O–H groups in total. The number of carbonyl (C=O) groups excluding carboxylic acids is 1. The van der Waals surface area contributed by atoms with Gasteiger partial charge in [0.25, 0.3) is 5.91 Å². The smallest absolute Gasteiger partial charge is 0.251 e. The quantitative estimate of drug-likeness (QED) is 0.793. The fourth-order valence-corrected chi connectivity index (χ4v) is 2.49. The van der Waals surface area contributed by atoms with Gasteiger partial charge >= 0.3 is 0 Å². The number of amides is 1. The maximum Gasteiger partial charge on any atom is 0.251 e. The van der Waals surface area contributed by atoms with Gasteiger partial charge in [0.05, 0.1) is 0 Å². The van der Waals surface area contributed by atoms with E-state index >= 15 is 0 Å². The van der Waals surface area contributed by atoms with Crippen LogP contribution in [0.25, 0.3) is 11.4 Å². The largest absolute Gasteiger partial charge is 0.348 e. The van der Waals surface area contributed by atoms with Crippen molar-refractivity contribution in [1.29, 1.82) is 0 Å². The Labute approximate surface area is 123 Å². The van der Waals surface area contributed by atoms with E-state index < -0.39 is 0 Å². The Balaban J connectivity index is 1.67. The van der Waals surface area contributed by atoms with Crippen LogP contribution in [0.15, 0.2) is 24.3 Å². The summed E-state index contributed by atoms with van der Waals surface area (Å²) in [5.74, 6) is 1.40. The highest BCUT2D eigenvalue weighted by Gasteiger charge is 2.16. The molecule has 1 fully saturated rings. The third-order valence-corrected chi connectivity index (χ3v) is 3.63. The van der Waals surface area contributed by atoms with Gasteiger partial charge in [-0.25, -0.2) is 4.98 Å². The van der Waals surface area contributed by atoms with Crippen LogP contribution in [0.1, 0.15) is 29.0 Å². The number of benzene rings is 1. The summed E-state index contributed by atoms with van der Waals surface area (Å²) < 4.78 is 0. The lowest BCUT2D eigenvalue weighted by atomic mass is 10.1. The summed E-state index contributed by atoms with van der Waals surface area (Å²) in [6.45, 7) is 3.74. The predicted molar refractivity (Wildman–Crippen MR) is 79.9 cm³/mol. The summed E-state index contributed by atoms with van der Waals surface area (Å²) in [4.78, 5) is 16.5. The van der Waals surface area contributed by atoms with E-state index in [1.807, 2.05) is 31.2 Å². The molecule has 1 amide bonds. The van der Waals surface area contributed by atoms with Crippen LogP contribution >= 0.6 is 0 Å². The number of carbonyl (C=O) groups is 1. The normalized spacial score (nSPS) is 18.4. The predicted octanol–water partition coefficient (Wildman–Crippen LogP) is 1.26. The van der Waals surface area contributed by atoms with Crippen molar-refractivity contribution in [3.8, 4) is 11.4 Å². The number of aromatic amines is 1. The Kier molecular flexibility index (Phi) is 3.96. The molecule has 1 atom stereocenters. The third kappa shape index (κ3) is 3.28. The number of nitrogens with zero attached hydrogens (tertiary/aromatic N) is 2.